The number of nitrogens with zero attached hydrogens (tertiary/aromatic N) is 1. The molecule has 0 radical (unpaired) electrons. The summed E-state index contributed by atoms with van der Waals surface area (Å²) in [6.07, 6.45) is 0.347. The minimum Gasteiger partial charge on any atom is -0.508 e. The second-order valence-corrected chi connectivity index (χ2v) is 4.25. The van der Waals surface area contributed by atoms with Crippen LogP contribution in [-0.2, 0) is 11.2 Å². The van der Waals surface area contributed by atoms with Crippen LogP contribution in [0.1, 0.15) is 15.9 Å². The van der Waals surface area contributed by atoms with Crippen molar-refractivity contribution < 1.29 is 14.6 Å². The van der Waals surface area contributed by atoms with Crippen LogP contribution in [0.25, 0.3) is 11.1 Å². The van der Waals surface area contributed by atoms with Gasteiger partial charge in [0.25, 0.3) is 0 Å². The third kappa shape index (κ3) is 2.78. The zero-order valence-electron chi connectivity index (χ0n) is 11.0. The predicted octanol–water partition coefficient (Wildman–Crippen LogP) is 2.91. The third-order valence-corrected chi connectivity index (χ3v) is 2.96. The molecule has 0 saturated heterocycles. The number of aromatic hydroxyl groups is 1. The van der Waals surface area contributed by atoms with E-state index >= 15 is 0 Å². The van der Waals surface area contributed by atoms with E-state index in [1.54, 1.807) is 6.07 Å². The van der Waals surface area contributed by atoms with Crippen molar-refractivity contribution in [2.45, 2.75) is 6.42 Å². The van der Waals surface area contributed by atoms with E-state index in [-0.39, 0.29) is 5.75 Å². The first-order valence-corrected chi connectivity index (χ1v) is 6.03. The molecule has 1 N–H and O–H groups in total. The quantitative estimate of drug-likeness (QED) is 0.868. The van der Waals surface area contributed by atoms with E-state index < -0.39 is 5.97 Å². The number of carbonyl (C=O) groups is 1. The number of benzene rings is 2. The standard InChI is InChI=1S/C16H13NO3/c1-20-16(19)15-10-13(18)6-7-14(15)12-4-2-11(3-5-12)8-9-17/h2-7,10,18H,8H2,1H3. The van der Waals surface area contributed by atoms with Crippen LogP contribution in [0.3, 0.4) is 0 Å². The van der Waals surface area contributed by atoms with Crippen LogP contribution < -0.4 is 0 Å². The number of hydrogen-bond donors (Lipinski definition) is 1. The SMILES string of the molecule is COC(=O)c1cc(O)ccc1-c1ccc(CC#N)cc1. The van der Waals surface area contributed by atoms with Gasteiger partial charge < -0.3 is 9.84 Å². The van der Waals surface area contributed by atoms with Crippen LogP contribution in [0.4, 0.5) is 0 Å². The molecule has 2 aromatic carbocycles. The Bertz CT molecular complexity index is 669. The van der Waals surface area contributed by atoms with Crippen molar-refractivity contribution in [3.8, 4) is 22.9 Å². The molecule has 0 amide bonds. The van der Waals surface area contributed by atoms with E-state index in [9.17, 15) is 9.90 Å². The fourth-order valence-corrected chi connectivity index (χ4v) is 1.96. The Hall–Kier alpha value is -2.80. The van der Waals surface area contributed by atoms with Crippen LogP contribution in [0.5, 0.6) is 5.75 Å². The highest BCUT2D eigenvalue weighted by molar-refractivity contribution is 5.97. The summed E-state index contributed by atoms with van der Waals surface area (Å²) in [7, 11) is 1.30. The first kappa shape index (κ1) is 13.6. The summed E-state index contributed by atoms with van der Waals surface area (Å²) in [5, 5.41) is 18.1. The highest BCUT2D eigenvalue weighted by Gasteiger charge is 2.14. The number of carbonyl (C=O) groups excluding carboxylic acids is 1. The molecule has 0 heterocycles. The van der Waals surface area contributed by atoms with Crippen molar-refractivity contribution in [2.75, 3.05) is 7.11 Å². The topological polar surface area (TPSA) is 70.3 Å². The lowest BCUT2D eigenvalue weighted by Gasteiger charge is -2.09. The molecule has 0 atom stereocenters. The van der Waals surface area contributed by atoms with E-state index in [0.29, 0.717) is 17.5 Å². The minimum absolute atomic E-state index is 0.00949. The van der Waals surface area contributed by atoms with E-state index in [0.717, 1.165) is 11.1 Å². The molecular weight excluding hydrogens is 254 g/mol. The Morgan fingerprint density at radius 1 is 1.25 bits per heavy atom. The van der Waals surface area contributed by atoms with Crippen LogP contribution in [-0.4, -0.2) is 18.2 Å². The second kappa shape index (κ2) is 5.89. The second-order valence-electron chi connectivity index (χ2n) is 4.25. The molecule has 2 aromatic rings. The smallest absolute Gasteiger partial charge is 0.338 e. The third-order valence-electron chi connectivity index (χ3n) is 2.96. The lowest BCUT2D eigenvalue weighted by Crippen LogP contribution is -2.03. The molecule has 0 aliphatic carbocycles. The zero-order chi connectivity index (χ0) is 14.5. The van der Waals surface area contributed by atoms with Crippen molar-refractivity contribution in [1.29, 1.82) is 5.26 Å². The maximum atomic E-state index is 11.8. The summed E-state index contributed by atoms with van der Waals surface area (Å²) in [6, 6.07) is 14.0. The van der Waals surface area contributed by atoms with Gasteiger partial charge in [0.2, 0.25) is 0 Å². The van der Waals surface area contributed by atoms with Gasteiger partial charge in [0.05, 0.1) is 25.2 Å². The van der Waals surface area contributed by atoms with Crippen molar-refractivity contribution in [1.82, 2.24) is 0 Å². The fourth-order valence-electron chi connectivity index (χ4n) is 1.96. The van der Waals surface area contributed by atoms with Gasteiger partial charge in [-0.25, -0.2) is 4.79 Å². The van der Waals surface area contributed by atoms with Gasteiger partial charge in [0.1, 0.15) is 5.75 Å². The average Bonchev–Trinajstić information content (AvgIpc) is 2.47. The first-order valence-electron chi connectivity index (χ1n) is 6.03. The maximum absolute atomic E-state index is 11.8. The molecule has 0 aliphatic heterocycles. The molecule has 0 saturated carbocycles. The molecule has 100 valence electrons. The molecule has 4 heteroatoms. The van der Waals surface area contributed by atoms with Crippen LogP contribution >= 0.6 is 0 Å². The molecule has 0 unspecified atom stereocenters. The molecule has 2 rings (SSSR count). The van der Waals surface area contributed by atoms with Gasteiger partial charge >= 0.3 is 5.97 Å². The number of methoxy groups -OCH3 is 1. The number of esters is 1. The van der Waals surface area contributed by atoms with E-state index in [1.165, 1.54) is 19.2 Å². The number of hydrogen-bond acceptors (Lipinski definition) is 4. The summed E-state index contributed by atoms with van der Waals surface area (Å²) >= 11 is 0. The number of phenols is 1. The molecule has 0 spiro atoms. The Balaban J connectivity index is 2.46. The summed E-state index contributed by atoms with van der Waals surface area (Å²) in [5.41, 5.74) is 2.72. The Labute approximate surface area is 116 Å². The van der Waals surface area contributed by atoms with Crippen molar-refractivity contribution in [3.63, 3.8) is 0 Å². The summed E-state index contributed by atoms with van der Waals surface area (Å²) in [5.74, 6) is -0.493. The molecule has 0 aliphatic rings. The van der Waals surface area contributed by atoms with Crippen molar-refractivity contribution in [2.24, 2.45) is 0 Å². The van der Waals surface area contributed by atoms with Gasteiger partial charge in [-0.15, -0.1) is 0 Å². The largest absolute Gasteiger partial charge is 0.508 e. The molecule has 20 heavy (non-hydrogen) atoms. The highest BCUT2D eigenvalue weighted by Crippen LogP contribution is 2.28. The lowest BCUT2D eigenvalue weighted by atomic mass is 9.98. The molecule has 4 nitrogen and oxygen atoms in total. The Kier molecular flexibility index (Phi) is 4.02. The van der Waals surface area contributed by atoms with Gasteiger partial charge in [-0.1, -0.05) is 24.3 Å². The van der Waals surface area contributed by atoms with Gasteiger partial charge in [-0.3, -0.25) is 0 Å². The minimum atomic E-state index is -0.503. The Morgan fingerprint density at radius 2 is 1.95 bits per heavy atom. The van der Waals surface area contributed by atoms with E-state index in [1.807, 2.05) is 24.3 Å². The summed E-state index contributed by atoms with van der Waals surface area (Å²) in [6.45, 7) is 0. The monoisotopic (exact) mass is 267 g/mol. The van der Waals surface area contributed by atoms with Gasteiger partial charge in [-0.05, 0) is 34.9 Å². The lowest BCUT2D eigenvalue weighted by molar-refractivity contribution is 0.0601. The van der Waals surface area contributed by atoms with E-state index in [2.05, 4.69) is 6.07 Å². The van der Waals surface area contributed by atoms with Crippen LogP contribution in [0, 0.1) is 11.3 Å². The molecule has 0 fully saturated rings. The fraction of sp³-hybridized carbons (Fsp3) is 0.125. The highest BCUT2D eigenvalue weighted by atomic mass is 16.5. The molecular formula is C16H13NO3. The first-order chi connectivity index (χ1) is 9.65. The molecule has 0 bridgehead atoms. The van der Waals surface area contributed by atoms with Crippen molar-refractivity contribution >= 4 is 5.97 Å². The number of nitriles is 1. The number of rotatable bonds is 3. The predicted molar refractivity (Wildman–Crippen MR) is 74.2 cm³/mol. The zero-order valence-corrected chi connectivity index (χ0v) is 11.0. The maximum Gasteiger partial charge on any atom is 0.338 e. The van der Waals surface area contributed by atoms with Gasteiger partial charge in [-0.2, -0.15) is 5.26 Å². The number of ether oxygens (including phenoxy) is 1. The summed E-state index contributed by atoms with van der Waals surface area (Å²) < 4.78 is 4.72. The Morgan fingerprint density at radius 3 is 2.55 bits per heavy atom. The van der Waals surface area contributed by atoms with E-state index in [4.69, 9.17) is 10.00 Å². The van der Waals surface area contributed by atoms with Crippen molar-refractivity contribution in [3.05, 3.63) is 53.6 Å². The van der Waals surface area contributed by atoms with Crippen LogP contribution in [0.2, 0.25) is 0 Å². The molecule has 0 aromatic heterocycles. The van der Waals surface area contributed by atoms with Gasteiger partial charge in [0, 0.05) is 0 Å². The van der Waals surface area contributed by atoms with Gasteiger partial charge in [0.15, 0.2) is 0 Å². The normalized spacial score (nSPS) is 9.80. The van der Waals surface area contributed by atoms with Crippen LogP contribution in [0.15, 0.2) is 42.5 Å². The summed E-state index contributed by atoms with van der Waals surface area (Å²) in [4.78, 5) is 11.8. The average molecular weight is 267 g/mol. The number of phenolic OH excluding ortho intramolecular Hbond substituents is 1.